The molecule has 282 valence electrons. The van der Waals surface area contributed by atoms with Gasteiger partial charge in [0.15, 0.2) is 11.0 Å². The van der Waals surface area contributed by atoms with Crippen molar-refractivity contribution in [3.05, 3.63) is 71.7 Å². The third kappa shape index (κ3) is 22.1. The number of rotatable bonds is 19. The monoisotopic (exact) mass is 750 g/mol. The third-order valence-corrected chi connectivity index (χ3v) is 9.00. The highest BCUT2D eigenvalue weighted by molar-refractivity contribution is 8.14. The molecule has 0 saturated heterocycles. The molecule has 7 nitrogen and oxygen atoms in total. The van der Waals surface area contributed by atoms with Crippen LogP contribution in [0.1, 0.15) is 94.4 Å². The molecule has 3 unspecified atom stereocenters. The molecule has 0 aliphatic rings. The van der Waals surface area contributed by atoms with Gasteiger partial charge in [-0.3, -0.25) is 4.79 Å². The Bertz CT molecular complexity index is 1250. The molecule has 0 amide bonds. The van der Waals surface area contributed by atoms with Gasteiger partial charge in [0.2, 0.25) is 0 Å². The number of anilines is 2. The number of carbonyl (C=O) groups is 1. The number of nitrogens with zero attached hydrogens (tertiary/aromatic N) is 2. The molecule has 1 rings (SSSR count). The summed E-state index contributed by atoms with van der Waals surface area (Å²) in [7, 11) is 0. The summed E-state index contributed by atoms with van der Waals surface area (Å²) in [5.74, 6) is 0.732. The molecule has 0 saturated carbocycles. The lowest BCUT2D eigenvalue weighted by atomic mass is 9.99. The van der Waals surface area contributed by atoms with Crippen LogP contribution >= 0.6 is 35.0 Å². The minimum absolute atomic E-state index is 0.00412. The van der Waals surface area contributed by atoms with Crippen molar-refractivity contribution in [2.45, 2.75) is 105 Å². The number of terminal acetylenes is 1. The highest BCUT2D eigenvalue weighted by Gasteiger charge is 2.23. The maximum Gasteiger partial charge on any atom is 0.178 e. The fourth-order valence-electron chi connectivity index (χ4n) is 4.54. The second-order valence-corrected chi connectivity index (χ2v) is 14.7. The summed E-state index contributed by atoms with van der Waals surface area (Å²) in [6.45, 7) is 28.1. The van der Waals surface area contributed by atoms with E-state index in [4.69, 9.17) is 33.7 Å². The number of hydrogen-bond donors (Lipinski definition) is 3. The molecule has 1 aromatic carbocycles. The first-order valence-corrected chi connectivity index (χ1v) is 19.1. The molecule has 0 aliphatic carbocycles. The molecular weight excluding hydrogens is 687 g/mol. The van der Waals surface area contributed by atoms with Gasteiger partial charge in [-0.05, 0) is 95.6 Å². The normalized spacial score (nSPS) is 14.0. The number of ketones is 1. The molecular formula is C40H64Cl2N4O3S. The number of alkyl halides is 1. The predicted molar refractivity (Wildman–Crippen MR) is 224 cm³/mol. The van der Waals surface area contributed by atoms with E-state index in [1.165, 1.54) is 23.9 Å². The van der Waals surface area contributed by atoms with E-state index >= 15 is 0 Å². The second kappa shape index (κ2) is 27.8. The van der Waals surface area contributed by atoms with E-state index < -0.39 is 0 Å². The molecule has 0 radical (unpaired) electrons. The number of carbonyl (C=O) groups excluding carboxylic acids is 1. The zero-order chi connectivity index (χ0) is 38.9. The lowest BCUT2D eigenvalue weighted by molar-refractivity contribution is -0.113. The maximum absolute atomic E-state index is 13.0. The Morgan fingerprint density at radius 1 is 1.18 bits per heavy atom. The number of hydrogen-bond acceptors (Lipinski definition) is 7. The molecule has 0 bridgehead atoms. The van der Waals surface area contributed by atoms with Gasteiger partial charge in [-0.1, -0.05) is 77.1 Å². The molecule has 0 aromatic heterocycles. The van der Waals surface area contributed by atoms with Gasteiger partial charge in [0.05, 0.1) is 29.1 Å². The Morgan fingerprint density at radius 3 is 2.24 bits per heavy atom. The topological polar surface area (TPSA) is 100 Å². The van der Waals surface area contributed by atoms with Crippen molar-refractivity contribution < 1.29 is 14.6 Å². The van der Waals surface area contributed by atoms with Gasteiger partial charge in [-0.15, -0.1) is 31.0 Å². The number of amidine groups is 1. The Morgan fingerprint density at radius 2 is 1.78 bits per heavy atom. The molecule has 1 aromatic rings. The van der Waals surface area contributed by atoms with Crippen molar-refractivity contribution in [2.24, 2.45) is 22.6 Å². The quantitative estimate of drug-likeness (QED) is 0.0189. The van der Waals surface area contributed by atoms with Crippen molar-refractivity contribution in [2.75, 3.05) is 35.7 Å². The number of benzene rings is 1. The van der Waals surface area contributed by atoms with Crippen LogP contribution in [0.25, 0.3) is 0 Å². The predicted octanol–water partition coefficient (Wildman–Crippen LogP) is 11.1. The number of thioether (sulfide) groups is 1. The summed E-state index contributed by atoms with van der Waals surface area (Å²) >= 11 is 13.8. The third-order valence-electron chi connectivity index (χ3n) is 7.17. The number of ether oxygens (including phenoxy) is 1. The van der Waals surface area contributed by atoms with Gasteiger partial charge in [0, 0.05) is 29.5 Å². The van der Waals surface area contributed by atoms with Crippen molar-refractivity contribution in [1.82, 2.24) is 0 Å². The van der Waals surface area contributed by atoms with Crippen molar-refractivity contribution >= 4 is 57.3 Å². The van der Waals surface area contributed by atoms with Crippen molar-refractivity contribution in [3.63, 3.8) is 0 Å². The van der Waals surface area contributed by atoms with Gasteiger partial charge >= 0.3 is 0 Å². The summed E-state index contributed by atoms with van der Waals surface area (Å²) in [5.41, 5.74) is 7.65. The molecule has 4 N–H and O–H groups in total. The first kappa shape index (κ1) is 49.3. The number of nitrogens with two attached hydrogens (primary N) is 1. The van der Waals surface area contributed by atoms with E-state index in [1.807, 2.05) is 26.0 Å². The molecule has 0 spiro atoms. The fourth-order valence-corrected chi connectivity index (χ4v) is 5.88. The van der Waals surface area contributed by atoms with Crippen LogP contribution in [0.4, 0.5) is 11.4 Å². The first-order chi connectivity index (χ1) is 23.5. The Labute approximate surface area is 318 Å². The lowest BCUT2D eigenvalue weighted by Crippen LogP contribution is -2.26. The average molecular weight is 752 g/mol. The van der Waals surface area contributed by atoms with E-state index in [0.29, 0.717) is 17.5 Å². The molecule has 3 atom stereocenters. The number of allylic oxidation sites excluding steroid dienone is 5. The summed E-state index contributed by atoms with van der Waals surface area (Å²) in [5, 5.41) is 13.8. The highest BCUT2D eigenvalue weighted by Crippen LogP contribution is 2.30. The maximum atomic E-state index is 13.0. The lowest BCUT2D eigenvalue weighted by Gasteiger charge is -2.26. The zero-order valence-electron chi connectivity index (χ0n) is 32.0. The minimum Gasteiger partial charge on any atom is -0.508 e. The molecule has 0 fully saturated rings. The van der Waals surface area contributed by atoms with Gasteiger partial charge in [-0.2, -0.15) is 0 Å². The van der Waals surface area contributed by atoms with E-state index in [0.717, 1.165) is 43.8 Å². The SMILES string of the molecule is C#C.C=CC(Cl)CC(C)/C(Cl)=C(\C(=C)O)C(=O)CS/C(=N\CN)Nc1ccc(N(CCC)CCC(C)CC)cc1.CC/C=C(/C)OC(C)(C)C. The second-order valence-electron chi connectivity index (χ2n) is 12.8. The van der Waals surface area contributed by atoms with Crippen LogP contribution in [0.15, 0.2) is 76.7 Å². The number of aliphatic hydroxyl groups excluding tert-OH is 1. The number of aliphatic imine (C=N–C) groups is 1. The van der Waals surface area contributed by atoms with E-state index in [2.05, 4.69) is 108 Å². The van der Waals surface area contributed by atoms with Crippen LogP contribution in [0, 0.1) is 24.7 Å². The van der Waals surface area contributed by atoms with Gasteiger partial charge in [0.25, 0.3) is 0 Å². The van der Waals surface area contributed by atoms with Crippen LogP contribution in [0.2, 0.25) is 0 Å². The Balaban J connectivity index is 0. The van der Waals surface area contributed by atoms with Crippen LogP contribution in [0.5, 0.6) is 0 Å². The molecule has 0 heterocycles. The van der Waals surface area contributed by atoms with Gasteiger partial charge in [-0.25, -0.2) is 4.99 Å². The number of Topliss-reactive ketones (excluding diaryl/α,β-unsaturated/α-hetero) is 1. The highest BCUT2D eigenvalue weighted by atomic mass is 35.5. The fraction of sp³-hybridized carbons (Fsp3) is 0.550. The number of nitrogens with one attached hydrogen (secondary N) is 1. The zero-order valence-corrected chi connectivity index (χ0v) is 34.4. The van der Waals surface area contributed by atoms with Crippen LogP contribution in [0.3, 0.4) is 0 Å². The van der Waals surface area contributed by atoms with E-state index in [9.17, 15) is 9.90 Å². The Hall–Kier alpha value is -2.83. The summed E-state index contributed by atoms with van der Waals surface area (Å²) < 4.78 is 5.54. The van der Waals surface area contributed by atoms with Gasteiger partial charge in [0.1, 0.15) is 11.4 Å². The average Bonchev–Trinajstić information content (AvgIpc) is 3.06. The van der Waals surface area contributed by atoms with E-state index in [1.54, 1.807) is 6.08 Å². The number of halogens is 2. The van der Waals surface area contributed by atoms with Gasteiger partial charge < -0.3 is 25.8 Å². The summed E-state index contributed by atoms with van der Waals surface area (Å²) in [6.07, 6.45) is 16.6. The molecule has 0 aliphatic heterocycles. The minimum atomic E-state index is -0.372. The summed E-state index contributed by atoms with van der Waals surface area (Å²) in [4.78, 5) is 19.7. The van der Waals surface area contributed by atoms with Crippen molar-refractivity contribution in [1.29, 1.82) is 0 Å². The van der Waals surface area contributed by atoms with Crippen LogP contribution in [-0.4, -0.2) is 52.5 Å². The van der Waals surface area contributed by atoms with E-state index in [-0.39, 0.29) is 51.5 Å². The van der Waals surface area contributed by atoms with Crippen LogP contribution in [-0.2, 0) is 9.53 Å². The standard InChI is InChI=1S/C29H44Cl2N4O2S.C9H18O.C2H2/c1-7-15-35(16-14-20(4)8-2)25-12-10-24(11-13-25)34-29(33-19-32)38-18-26(37)27(22(6)36)28(31)21(5)17-23(30)9-3;1-6-7-8(2)10-9(3,4)5;1-2/h9-13,20-21,23,36H,3,6-8,14-19,32H2,1-2,4-5H3,(H,33,34);7H,6H2,1-5H3;1-2H/b28-27-;8-7-;. The van der Waals surface area contributed by atoms with Crippen molar-refractivity contribution in [3.8, 4) is 12.8 Å². The number of aliphatic hydroxyl groups is 1. The largest absolute Gasteiger partial charge is 0.508 e. The Kier molecular flexibility index (Phi) is 27.4. The summed E-state index contributed by atoms with van der Waals surface area (Å²) in [6, 6.07) is 8.18. The van der Waals surface area contributed by atoms with Crippen LogP contribution < -0.4 is 16.0 Å². The first-order valence-electron chi connectivity index (χ1n) is 17.3. The molecule has 10 heteroatoms. The molecule has 50 heavy (non-hydrogen) atoms. The smallest absolute Gasteiger partial charge is 0.178 e.